The van der Waals surface area contributed by atoms with Crippen LogP contribution in [-0.2, 0) is 9.53 Å². The van der Waals surface area contributed by atoms with Gasteiger partial charge in [0.05, 0.1) is 12.6 Å². The van der Waals surface area contributed by atoms with Crippen molar-refractivity contribution < 1.29 is 9.53 Å². The van der Waals surface area contributed by atoms with Gasteiger partial charge in [-0.1, -0.05) is 13.8 Å². The van der Waals surface area contributed by atoms with Crippen LogP contribution in [0.15, 0.2) is 0 Å². The van der Waals surface area contributed by atoms with Crippen molar-refractivity contribution in [3.63, 3.8) is 0 Å². The molecule has 0 bridgehead atoms. The Morgan fingerprint density at radius 1 is 1.14 bits per heavy atom. The second kappa shape index (κ2) is 8.11. The van der Waals surface area contributed by atoms with Gasteiger partial charge in [-0.15, -0.1) is 0 Å². The molecular formula is C16H31N3O2. The predicted molar refractivity (Wildman–Crippen MR) is 84.3 cm³/mol. The van der Waals surface area contributed by atoms with Gasteiger partial charge in [0.15, 0.2) is 0 Å². The van der Waals surface area contributed by atoms with Crippen LogP contribution in [0.25, 0.3) is 0 Å². The van der Waals surface area contributed by atoms with Gasteiger partial charge in [0.2, 0.25) is 5.91 Å². The van der Waals surface area contributed by atoms with Crippen molar-refractivity contribution in [2.45, 2.75) is 32.7 Å². The first-order valence-corrected chi connectivity index (χ1v) is 8.36. The SMILES string of the molecule is COCCN1CCC(N2CCN(CCC(C)C)CC2)C1=O. The lowest BCUT2D eigenvalue weighted by atomic mass is 10.1. The van der Waals surface area contributed by atoms with Crippen molar-refractivity contribution in [1.82, 2.24) is 14.7 Å². The summed E-state index contributed by atoms with van der Waals surface area (Å²) < 4.78 is 5.08. The maximum Gasteiger partial charge on any atom is 0.240 e. The molecule has 21 heavy (non-hydrogen) atoms. The number of rotatable bonds is 7. The van der Waals surface area contributed by atoms with Crippen LogP contribution in [-0.4, -0.2) is 86.2 Å². The highest BCUT2D eigenvalue weighted by atomic mass is 16.5. The average Bonchev–Trinajstić information content (AvgIpc) is 2.84. The Bertz CT molecular complexity index is 327. The van der Waals surface area contributed by atoms with Crippen LogP contribution >= 0.6 is 0 Å². The number of ether oxygens (including phenoxy) is 1. The second-order valence-corrected chi connectivity index (χ2v) is 6.68. The molecule has 0 aromatic heterocycles. The molecule has 0 aromatic rings. The first-order valence-electron chi connectivity index (χ1n) is 8.36. The first kappa shape index (κ1) is 16.7. The minimum absolute atomic E-state index is 0.120. The molecule has 0 aliphatic carbocycles. The summed E-state index contributed by atoms with van der Waals surface area (Å²) in [6.07, 6.45) is 2.25. The Hall–Kier alpha value is -0.650. The van der Waals surface area contributed by atoms with Gasteiger partial charge in [-0.05, 0) is 25.3 Å². The van der Waals surface area contributed by atoms with E-state index in [0.29, 0.717) is 12.5 Å². The van der Waals surface area contributed by atoms with Crippen molar-refractivity contribution in [3.8, 4) is 0 Å². The molecular weight excluding hydrogens is 266 g/mol. The first-order chi connectivity index (χ1) is 10.1. The summed E-state index contributed by atoms with van der Waals surface area (Å²) in [6, 6.07) is 0.120. The molecule has 1 amide bonds. The number of nitrogens with zero attached hydrogens (tertiary/aromatic N) is 3. The highest BCUT2D eigenvalue weighted by molar-refractivity contribution is 5.84. The molecule has 2 fully saturated rings. The van der Waals surface area contributed by atoms with Gasteiger partial charge in [0.1, 0.15) is 0 Å². The van der Waals surface area contributed by atoms with Gasteiger partial charge < -0.3 is 14.5 Å². The van der Waals surface area contributed by atoms with Gasteiger partial charge in [0.25, 0.3) is 0 Å². The van der Waals surface area contributed by atoms with Crippen LogP contribution in [0.1, 0.15) is 26.7 Å². The summed E-state index contributed by atoms with van der Waals surface area (Å²) in [5.41, 5.74) is 0. The Kier molecular flexibility index (Phi) is 6.45. The van der Waals surface area contributed by atoms with Crippen LogP contribution in [0.5, 0.6) is 0 Å². The number of amides is 1. The largest absolute Gasteiger partial charge is 0.383 e. The maximum atomic E-state index is 12.4. The van der Waals surface area contributed by atoms with Gasteiger partial charge in [-0.25, -0.2) is 0 Å². The Morgan fingerprint density at radius 3 is 2.48 bits per heavy atom. The highest BCUT2D eigenvalue weighted by Crippen LogP contribution is 2.19. The van der Waals surface area contributed by atoms with Crippen molar-refractivity contribution in [3.05, 3.63) is 0 Å². The van der Waals surface area contributed by atoms with E-state index in [1.165, 1.54) is 13.0 Å². The number of hydrogen-bond acceptors (Lipinski definition) is 4. The Morgan fingerprint density at radius 2 is 1.86 bits per heavy atom. The summed E-state index contributed by atoms with van der Waals surface area (Å²) in [5.74, 6) is 1.08. The normalized spacial score (nSPS) is 25.2. The molecule has 5 nitrogen and oxygen atoms in total. The standard InChI is InChI=1S/C16H31N3O2/c1-14(2)4-6-17-8-10-18(11-9-17)15-5-7-19(16(15)20)12-13-21-3/h14-15H,4-13H2,1-3H3. The smallest absolute Gasteiger partial charge is 0.240 e. The molecule has 2 aliphatic rings. The number of carbonyl (C=O) groups is 1. The van der Waals surface area contributed by atoms with Crippen molar-refractivity contribution >= 4 is 5.91 Å². The van der Waals surface area contributed by atoms with E-state index in [1.807, 2.05) is 4.90 Å². The molecule has 0 radical (unpaired) electrons. The third kappa shape index (κ3) is 4.66. The van der Waals surface area contributed by atoms with Crippen LogP contribution in [0.4, 0.5) is 0 Å². The van der Waals surface area contributed by atoms with Crippen LogP contribution in [0.2, 0.25) is 0 Å². The van der Waals surface area contributed by atoms with E-state index < -0.39 is 0 Å². The van der Waals surface area contributed by atoms with Crippen LogP contribution in [0, 0.1) is 5.92 Å². The van der Waals surface area contributed by atoms with Gasteiger partial charge >= 0.3 is 0 Å². The Labute approximate surface area is 129 Å². The lowest BCUT2D eigenvalue weighted by Crippen LogP contribution is -2.52. The number of carbonyl (C=O) groups excluding carboxylic acids is 1. The number of hydrogen-bond donors (Lipinski definition) is 0. The minimum Gasteiger partial charge on any atom is -0.383 e. The molecule has 0 aromatic carbocycles. The lowest BCUT2D eigenvalue weighted by molar-refractivity contribution is -0.133. The van der Waals surface area contributed by atoms with Gasteiger partial charge in [0, 0.05) is 46.4 Å². The summed E-state index contributed by atoms with van der Waals surface area (Å²) in [7, 11) is 1.69. The fourth-order valence-corrected chi connectivity index (χ4v) is 3.22. The maximum absolute atomic E-state index is 12.4. The van der Waals surface area contributed by atoms with E-state index in [4.69, 9.17) is 4.74 Å². The quantitative estimate of drug-likeness (QED) is 0.699. The molecule has 122 valence electrons. The molecule has 1 atom stereocenters. The molecule has 0 saturated carbocycles. The van der Waals surface area contributed by atoms with Gasteiger partial charge in [-0.3, -0.25) is 9.69 Å². The summed E-state index contributed by atoms with van der Waals surface area (Å²) in [5, 5.41) is 0. The molecule has 2 saturated heterocycles. The summed E-state index contributed by atoms with van der Waals surface area (Å²) >= 11 is 0. The average molecular weight is 297 g/mol. The monoisotopic (exact) mass is 297 g/mol. The van der Waals surface area contributed by atoms with Crippen molar-refractivity contribution in [2.24, 2.45) is 5.92 Å². The molecule has 2 aliphatic heterocycles. The Balaban J connectivity index is 1.74. The summed E-state index contributed by atoms with van der Waals surface area (Å²) in [6.45, 7) is 12.3. The fraction of sp³-hybridized carbons (Fsp3) is 0.938. The van der Waals surface area contributed by atoms with E-state index in [0.717, 1.165) is 51.6 Å². The molecule has 5 heteroatoms. The fourth-order valence-electron chi connectivity index (χ4n) is 3.22. The minimum atomic E-state index is 0.120. The lowest BCUT2D eigenvalue weighted by Gasteiger charge is -2.37. The molecule has 1 unspecified atom stereocenters. The number of piperazine rings is 1. The molecule has 0 N–H and O–H groups in total. The molecule has 2 rings (SSSR count). The second-order valence-electron chi connectivity index (χ2n) is 6.68. The predicted octanol–water partition coefficient (Wildman–Crippen LogP) is 0.897. The third-order valence-electron chi connectivity index (χ3n) is 4.70. The zero-order valence-corrected chi connectivity index (χ0v) is 13.9. The third-order valence-corrected chi connectivity index (χ3v) is 4.70. The van der Waals surface area contributed by atoms with E-state index in [9.17, 15) is 4.79 Å². The van der Waals surface area contributed by atoms with E-state index >= 15 is 0 Å². The zero-order chi connectivity index (χ0) is 15.2. The topological polar surface area (TPSA) is 36.0 Å². The summed E-state index contributed by atoms with van der Waals surface area (Å²) in [4.78, 5) is 19.3. The van der Waals surface area contributed by atoms with E-state index in [2.05, 4.69) is 23.6 Å². The van der Waals surface area contributed by atoms with Crippen LogP contribution < -0.4 is 0 Å². The zero-order valence-electron chi connectivity index (χ0n) is 13.9. The molecule has 0 spiro atoms. The number of likely N-dealkylation sites (tertiary alicyclic amines) is 1. The number of methoxy groups -OCH3 is 1. The molecule has 2 heterocycles. The van der Waals surface area contributed by atoms with E-state index in [-0.39, 0.29) is 6.04 Å². The van der Waals surface area contributed by atoms with E-state index in [1.54, 1.807) is 7.11 Å². The van der Waals surface area contributed by atoms with Crippen LogP contribution in [0.3, 0.4) is 0 Å². The highest BCUT2D eigenvalue weighted by Gasteiger charge is 2.36. The van der Waals surface area contributed by atoms with Crippen molar-refractivity contribution in [1.29, 1.82) is 0 Å². The van der Waals surface area contributed by atoms with Gasteiger partial charge in [-0.2, -0.15) is 0 Å². The van der Waals surface area contributed by atoms with Crippen molar-refractivity contribution in [2.75, 3.05) is 59.5 Å².